The zero-order valence-electron chi connectivity index (χ0n) is 7.21. The minimum absolute atomic E-state index is 0.0694. The van der Waals surface area contributed by atoms with Crippen molar-refractivity contribution in [3.8, 4) is 0 Å². The van der Waals surface area contributed by atoms with Crippen LogP contribution in [0, 0.1) is 5.82 Å². The van der Waals surface area contributed by atoms with Gasteiger partial charge in [0, 0.05) is 0 Å². The van der Waals surface area contributed by atoms with E-state index in [1.807, 2.05) is 0 Å². The van der Waals surface area contributed by atoms with Gasteiger partial charge in [0.25, 0.3) is 0 Å². The summed E-state index contributed by atoms with van der Waals surface area (Å²) < 4.78 is 17.6. The summed E-state index contributed by atoms with van der Waals surface area (Å²) >= 11 is 0. The maximum Gasteiger partial charge on any atom is 0.341 e. The Morgan fingerprint density at radius 2 is 2.31 bits per heavy atom. The number of carbonyl (C=O) groups excluding carboxylic acids is 1. The minimum atomic E-state index is -0.687. The molecule has 0 spiro atoms. The van der Waals surface area contributed by atoms with Gasteiger partial charge in [0.1, 0.15) is 11.4 Å². The average molecular weight is 180 g/mol. The SMILES string of the molecule is C=Cc1cccc(F)c1C(=O)OC. The van der Waals surface area contributed by atoms with Gasteiger partial charge in [-0.15, -0.1) is 0 Å². The molecule has 2 nitrogen and oxygen atoms in total. The lowest BCUT2D eigenvalue weighted by Crippen LogP contribution is -2.06. The van der Waals surface area contributed by atoms with E-state index >= 15 is 0 Å². The van der Waals surface area contributed by atoms with Gasteiger partial charge in [-0.2, -0.15) is 0 Å². The molecule has 1 aromatic carbocycles. The molecule has 13 heavy (non-hydrogen) atoms. The molecule has 0 bridgehead atoms. The fourth-order valence-corrected chi connectivity index (χ4v) is 1.03. The van der Waals surface area contributed by atoms with E-state index in [0.717, 1.165) is 0 Å². The summed E-state index contributed by atoms with van der Waals surface area (Å²) in [4.78, 5) is 11.1. The van der Waals surface area contributed by atoms with Gasteiger partial charge in [0.2, 0.25) is 0 Å². The number of hydrogen-bond acceptors (Lipinski definition) is 2. The second-order valence-electron chi connectivity index (χ2n) is 2.40. The molecule has 0 amide bonds. The van der Waals surface area contributed by atoms with Crippen LogP contribution in [0.2, 0.25) is 0 Å². The van der Waals surface area contributed by atoms with Crippen molar-refractivity contribution in [2.45, 2.75) is 0 Å². The summed E-state index contributed by atoms with van der Waals surface area (Å²) in [5, 5.41) is 0. The molecule has 0 aliphatic carbocycles. The zero-order chi connectivity index (χ0) is 9.84. The molecule has 0 saturated heterocycles. The standard InChI is InChI=1S/C10H9FO2/c1-3-7-5-4-6-8(11)9(7)10(12)13-2/h3-6H,1H2,2H3. The summed E-state index contributed by atoms with van der Waals surface area (Å²) in [5.41, 5.74) is 0.367. The smallest absolute Gasteiger partial charge is 0.341 e. The van der Waals surface area contributed by atoms with Gasteiger partial charge in [-0.25, -0.2) is 9.18 Å². The van der Waals surface area contributed by atoms with Crippen molar-refractivity contribution in [1.82, 2.24) is 0 Å². The third-order valence-corrected chi connectivity index (χ3v) is 1.66. The predicted octanol–water partition coefficient (Wildman–Crippen LogP) is 2.26. The van der Waals surface area contributed by atoms with Crippen molar-refractivity contribution in [3.63, 3.8) is 0 Å². The molecule has 1 rings (SSSR count). The molecule has 0 aliphatic heterocycles. The van der Waals surface area contributed by atoms with E-state index in [1.165, 1.54) is 25.3 Å². The van der Waals surface area contributed by atoms with E-state index in [4.69, 9.17) is 0 Å². The molecule has 68 valence electrons. The number of rotatable bonds is 2. The second kappa shape index (κ2) is 3.85. The van der Waals surface area contributed by atoms with E-state index in [2.05, 4.69) is 11.3 Å². The van der Waals surface area contributed by atoms with Gasteiger partial charge in [0.05, 0.1) is 7.11 Å². The largest absolute Gasteiger partial charge is 0.465 e. The van der Waals surface area contributed by atoms with E-state index in [0.29, 0.717) is 5.56 Å². The Morgan fingerprint density at radius 1 is 1.62 bits per heavy atom. The summed E-state index contributed by atoms with van der Waals surface area (Å²) in [6.45, 7) is 3.47. The number of ether oxygens (including phenoxy) is 1. The van der Waals surface area contributed by atoms with E-state index < -0.39 is 11.8 Å². The Kier molecular flexibility index (Phi) is 2.80. The molecule has 0 saturated carbocycles. The molecular formula is C10H9FO2. The van der Waals surface area contributed by atoms with Crippen LogP contribution in [-0.2, 0) is 4.74 Å². The second-order valence-corrected chi connectivity index (χ2v) is 2.40. The molecule has 0 heterocycles. The summed E-state index contributed by atoms with van der Waals surface area (Å²) in [6, 6.07) is 4.32. The first-order valence-corrected chi connectivity index (χ1v) is 3.70. The molecule has 0 aliphatic rings. The van der Waals surface area contributed by atoms with Crippen LogP contribution < -0.4 is 0 Å². The average Bonchev–Trinajstić information content (AvgIpc) is 2.16. The normalized spacial score (nSPS) is 9.38. The first-order valence-electron chi connectivity index (χ1n) is 3.70. The molecule has 0 atom stereocenters. The number of halogens is 1. The lowest BCUT2D eigenvalue weighted by Gasteiger charge is -2.04. The third-order valence-electron chi connectivity index (χ3n) is 1.66. The Balaban J connectivity index is 3.30. The number of methoxy groups -OCH3 is 1. The summed E-state index contributed by atoms with van der Waals surface area (Å²) in [5.74, 6) is -1.28. The first kappa shape index (κ1) is 9.45. The highest BCUT2D eigenvalue weighted by molar-refractivity contribution is 5.93. The van der Waals surface area contributed by atoms with Crippen LogP contribution in [0.3, 0.4) is 0 Å². The molecule has 0 fully saturated rings. The summed E-state index contributed by atoms with van der Waals surface area (Å²) in [6.07, 6.45) is 1.41. The Labute approximate surface area is 75.6 Å². The lowest BCUT2D eigenvalue weighted by atomic mass is 10.1. The van der Waals surface area contributed by atoms with Crippen LogP contribution in [0.1, 0.15) is 15.9 Å². The lowest BCUT2D eigenvalue weighted by molar-refractivity contribution is 0.0595. The molecular weight excluding hydrogens is 171 g/mol. The summed E-state index contributed by atoms with van der Waals surface area (Å²) in [7, 11) is 1.21. The van der Waals surface area contributed by atoms with E-state index in [1.54, 1.807) is 6.07 Å². The van der Waals surface area contributed by atoms with Crippen LogP contribution >= 0.6 is 0 Å². The Bertz CT molecular complexity index is 345. The van der Waals surface area contributed by atoms with Crippen molar-refractivity contribution in [2.24, 2.45) is 0 Å². The van der Waals surface area contributed by atoms with Crippen molar-refractivity contribution >= 4 is 12.0 Å². The van der Waals surface area contributed by atoms with Crippen molar-refractivity contribution in [1.29, 1.82) is 0 Å². The molecule has 3 heteroatoms. The Hall–Kier alpha value is -1.64. The Morgan fingerprint density at radius 3 is 2.85 bits per heavy atom. The van der Waals surface area contributed by atoms with Gasteiger partial charge in [0.15, 0.2) is 0 Å². The van der Waals surface area contributed by atoms with Gasteiger partial charge >= 0.3 is 5.97 Å². The van der Waals surface area contributed by atoms with Gasteiger partial charge < -0.3 is 4.74 Å². The topological polar surface area (TPSA) is 26.3 Å². The molecule has 0 N–H and O–H groups in total. The quantitative estimate of drug-likeness (QED) is 0.652. The van der Waals surface area contributed by atoms with Crippen molar-refractivity contribution < 1.29 is 13.9 Å². The highest BCUT2D eigenvalue weighted by Crippen LogP contribution is 2.15. The zero-order valence-corrected chi connectivity index (χ0v) is 7.21. The monoisotopic (exact) mass is 180 g/mol. The van der Waals surface area contributed by atoms with Crippen LogP contribution in [0.4, 0.5) is 4.39 Å². The van der Waals surface area contributed by atoms with Crippen LogP contribution in [0.5, 0.6) is 0 Å². The third kappa shape index (κ3) is 1.75. The first-order chi connectivity index (χ1) is 6.20. The minimum Gasteiger partial charge on any atom is -0.465 e. The fraction of sp³-hybridized carbons (Fsp3) is 0.100. The molecule has 0 unspecified atom stereocenters. The van der Waals surface area contributed by atoms with Gasteiger partial charge in [-0.3, -0.25) is 0 Å². The number of esters is 1. The maximum absolute atomic E-state index is 13.1. The van der Waals surface area contributed by atoms with E-state index in [-0.39, 0.29) is 5.56 Å². The van der Waals surface area contributed by atoms with Crippen LogP contribution in [0.15, 0.2) is 24.8 Å². The number of carbonyl (C=O) groups is 1. The van der Waals surface area contributed by atoms with Crippen molar-refractivity contribution in [3.05, 3.63) is 41.7 Å². The van der Waals surface area contributed by atoms with Crippen LogP contribution in [0.25, 0.3) is 6.08 Å². The molecule has 1 aromatic rings. The molecule has 0 radical (unpaired) electrons. The molecule has 0 aromatic heterocycles. The van der Waals surface area contributed by atoms with E-state index in [9.17, 15) is 9.18 Å². The maximum atomic E-state index is 13.1. The number of benzene rings is 1. The fourth-order valence-electron chi connectivity index (χ4n) is 1.03. The predicted molar refractivity (Wildman–Crippen MR) is 47.8 cm³/mol. The van der Waals surface area contributed by atoms with Crippen molar-refractivity contribution in [2.75, 3.05) is 7.11 Å². The highest BCUT2D eigenvalue weighted by Gasteiger charge is 2.14. The van der Waals surface area contributed by atoms with Gasteiger partial charge in [-0.05, 0) is 11.6 Å². The highest BCUT2D eigenvalue weighted by atomic mass is 19.1. The van der Waals surface area contributed by atoms with Crippen LogP contribution in [-0.4, -0.2) is 13.1 Å². The number of hydrogen-bond donors (Lipinski definition) is 0. The van der Waals surface area contributed by atoms with Gasteiger partial charge in [-0.1, -0.05) is 24.8 Å².